The van der Waals surface area contributed by atoms with E-state index in [0.29, 0.717) is 5.82 Å². The van der Waals surface area contributed by atoms with Crippen LogP contribution in [-0.4, -0.2) is 31.1 Å². The average Bonchev–Trinajstić information content (AvgIpc) is 3.03. The molecule has 6 heteroatoms. The Morgan fingerprint density at radius 1 is 1.50 bits per heavy atom. The van der Waals surface area contributed by atoms with Crippen molar-refractivity contribution in [2.24, 2.45) is 7.05 Å². The lowest BCUT2D eigenvalue weighted by Crippen LogP contribution is -2.24. The molecular formula is C12H17N5O. The van der Waals surface area contributed by atoms with Crippen LogP contribution in [0.5, 0.6) is 0 Å². The van der Waals surface area contributed by atoms with Crippen LogP contribution in [-0.2, 0) is 13.6 Å². The molecule has 0 spiro atoms. The number of likely N-dealkylation sites (tertiary alicyclic amines) is 1. The van der Waals surface area contributed by atoms with Crippen LogP contribution in [0.3, 0.4) is 0 Å². The minimum Gasteiger partial charge on any atom is -0.338 e. The number of imidazole rings is 1. The minimum absolute atomic E-state index is 0.251. The highest BCUT2D eigenvalue weighted by molar-refractivity contribution is 5.02. The van der Waals surface area contributed by atoms with Gasteiger partial charge in [-0.15, -0.1) is 0 Å². The Morgan fingerprint density at radius 3 is 3.06 bits per heavy atom. The molecule has 2 aromatic rings. The van der Waals surface area contributed by atoms with Crippen LogP contribution in [0.1, 0.15) is 36.3 Å². The van der Waals surface area contributed by atoms with E-state index in [1.807, 2.05) is 26.5 Å². The van der Waals surface area contributed by atoms with E-state index >= 15 is 0 Å². The van der Waals surface area contributed by atoms with Crippen LogP contribution in [0.25, 0.3) is 0 Å². The molecule has 1 saturated heterocycles. The van der Waals surface area contributed by atoms with Gasteiger partial charge >= 0.3 is 0 Å². The lowest BCUT2D eigenvalue weighted by Gasteiger charge is -2.21. The van der Waals surface area contributed by atoms with Gasteiger partial charge in [-0.3, -0.25) is 4.90 Å². The molecule has 0 N–H and O–H groups in total. The molecule has 3 heterocycles. The molecule has 0 radical (unpaired) electrons. The number of hydrogen-bond acceptors (Lipinski definition) is 5. The van der Waals surface area contributed by atoms with Gasteiger partial charge in [0.25, 0.3) is 0 Å². The van der Waals surface area contributed by atoms with Crippen LogP contribution in [0.15, 0.2) is 17.0 Å². The molecule has 6 nitrogen and oxygen atoms in total. The standard InChI is InChI=1S/C12H17N5O/c1-9-14-12(18-15-9)11-4-3-5-17(11)7-10-6-13-8-16(10)2/h6,8,11H,3-5,7H2,1-2H3/t11-/m1/s1. The van der Waals surface area contributed by atoms with E-state index in [2.05, 4.69) is 24.6 Å². The van der Waals surface area contributed by atoms with Crippen molar-refractivity contribution in [2.75, 3.05) is 6.54 Å². The van der Waals surface area contributed by atoms with Gasteiger partial charge < -0.3 is 9.09 Å². The summed E-state index contributed by atoms with van der Waals surface area (Å²) in [7, 11) is 2.02. The summed E-state index contributed by atoms with van der Waals surface area (Å²) in [4.78, 5) is 10.9. The van der Waals surface area contributed by atoms with Crippen molar-refractivity contribution in [2.45, 2.75) is 32.4 Å². The van der Waals surface area contributed by atoms with Gasteiger partial charge in [0.15, 0.2) is 5.82 Å². The second-order valence-electron chi connectivity index (χ2n) is 4.80. The summed E-state index contributed by atoms with van der Waals surface area (Å²) in [5.74, 6) is 1.45. The Hall–Kier alpha value is -1.69. The highest BCUT2D eigenvalue weighted by Gasteiger charge is 2.30. The molecule has 1 fully saturated rings. The first-order chi connectivity index (χ1) is 8.74. The zero-order chi connectivity index (χ0) is 12.5. The van der Waals surface area contributed by atoms with E-state index in [1.54, 1.807) is 0 Å². The second kappa shape index (κ2) is 4.53. The molecule has 0 aromatic carbocycles. The van der Waals surface area contributed by atoms with E-state index in [0.717, 1.165) is 25.4 Å². The van der Waals surface area contributed by atoms with Gasteiger partial charge in [-0.05, 0) is 26.3 Å². The predicted octanol–water partition coefficient (Wildman–Crippen LogP) is 1.45. The summed E-state index contributed by atoms with van der Waals surface area (Å²) in [6.07, 6.45) is 6.00. The monoisotopic (exact) mass is 247 g/mol. The van der Waals surface area contributed by atoms with Crippen molar-refractivity contribution in [1.29, 1.82) is 0 Å². The van der Waals surface area contributed by atoms with Gasteiger partial charge in [-0.1, -0.05) is 5.16 Å². The number of nitrogens with zero attached hydrogens (tertiary/aromatic N) is 5. The first-order valence-electron chi connectivity index (χ1n) is 6.23. The summed E-state index contributed by atoms with van der Waals surface area (Å²) >= 11 is 0. The third-order valence-corrected chi connectivity index (χ3v) is 3.47. The van der Waals surface area contributed by atoms with Crippen molar-refractivity contribution in [3.05, 3.63) is 29.9 Å². The Labute approximate surface area is 106 Å². The van der Waals surface area contributed by atoms with Gasteiger partial charge in [0.2, 0.25) is 5.89 Å². The van der Waals surface area contributed by atoms with Crippen molar-refractivity contribution in [3.8, 4) is 0 Å². The van der Waals surface area contributed by atoms with Gasteiger partial charge in [-0.2, -0.15) is 4.98 Å². The van der Waals surface area contributed by atoms with E-state index in [9.17, 15) is 0 Å². The summed E-state index contributed by atoms with van der Waals surface area (Å²) in [6.45, 7) is 3.80. The largest absolute Gasteiger partial charge is 0.338 e. The summed E-state index contributed by atoms with van der Waals surface area (Å²) in [6, 6.07) is 0.251. The van der Waals surface area contributed by atoms with Crippen molar-refractivity contribution in [1.82, 2.24) is 24.6 Å². The lowest BCUT2D eigenvalue weighted by atomic mass is 10.2. The fraction of sp³-hybridized carbons (Fsp3) is 0.583. The first kappa shape index (κ1) is 11.4. The fourth-order valence-corrected chi connectivity index (χ4v) is 2.49. The molecule has 3 rings (SSSR count). The number of hydrogen-bond donors (Lipinski definition) is 0. The second-order valence-corrected chi connectivity index (χ2v) is 4.80. The topological polar surface area (TPSA) is 60.0 Å². The van der Waals surface area contributed by atoms with Gasteiger partial charge in [0, 0.05) is 19.8 Å². The SMILES string of the molecule is Cc1noc([C@H]2CCCN2Cc2cncn2C)n1. The Morgan fingerprint density at radius 2 is 2.39 bits per heavy atom. The highest BCUT2D eigenvalue weighted by atomic mass is 16.5. The maximum atomic E-state index is 5.30. The zero-order valence-electron chi connectivity index (χ0n) is 10.7. The molecule has 1 atom stereocenters. The van der Waals surface area contributed by atoms with Crippen LogP contribution in [0, 0.1) is 6.92 Å². The fourth-order valence-electron chi connectivity index (χ4n) is 2.49. The molecule has 1 aliphatic heterocycles. The maximum Gasteiger partial charge on any atom is 0.243 e. The van der Waals surface area contributed by atoms with Crippen LogP contribution >= 0.6 is 0 Å². The Balaban J connectivity index is 1.77. The Bertz CT molecular complexity index is 532. The van der Waals surface area contributed by atoms with Crippen molar-refractivity contribution < 1.29 is 4.52 Å². The predicted molar refractivity (Wildman–Crippen MR) is 64.6 cm³/mol. The molecular weight excluding hydrogens is 230 g/mol. The quantitative estimate of drug-likeness (QED) is 0.821. The van der Waals surface area contributed by atoms with E-state index < -0.39 is 0 Å². The molecule has 96 valence electrons. The van der Waals surface area contributed by atoms with Gasteiger partial charge in [0.1, 0.15) is 0 Å². The highest BCUT2D eigenvalue weighted by Crippen LogP contribution is 2.31. The van der Waals surface area contributed by atoms with E-state index in [-0.39, 0.29) is 6.04 Å². The molecule has 2 aromatic heterocycles. The average molecular weight is 247 g/mol. The van der Waals surface area contributed by atoms with Crippen molar-refractivity contribution in [3.63, 3.8) is 0 Å². The maximum absolute atomic E-state index is 5.30. The third kappa shape index (κ3) is 2.03. The summed E-state index contributed by atoms with van der Waals surface area (Å²) in [5.41, 5.74) is 1.21. The summed E-state index contributed by atoms with van der Waals surface area (Å²) in [5, 5.41) is 3.88. The van der Waals surface area contributed by atoms with Crippen molar-refractivity contribution >= 4 is 0 Å². The normalized spacial score (nSPS) is 20.7. The third-order valence-electron chi connectivity index (χ3n) is 3.47. The molecule has 0 bridgehead atoms. The first-order valence-corrected chi connectivity index (χ1v) is 6.23. The van der Waals surface area contributed by atoms with Gasteiger partial charge in [-0.25, -0.2) is 4.98 Å². The molecule has 0 saturated carbocycles. The van der Waals surface area contributed by atoms with E-state index in [4.69, 9.17) is 4.52 Å². The zero-order valence-corrected chi connectivity index (χ0v) is 10.7. The molecule has 18 heavy (non-hydrogen) atoms. The smallest absolute Gasteiger partial charge is 0.243 e. The van der Waals surface area contributed by atoms with E-state index in [1.165, 1.54) is 12.1 Å². The molecule has 0 aliphatic carbocycles. The number of rotatable bonds is 3. The Kier molecular flexibility index (Phi) is 2.87. The number of aromatic nitrogens is 4. The van der Waals surface area contributed by atoms with Crippen LogP contribution < -0.4 is 0 Å². The number of aryl methyl sites for hydroxylation is 2. The van der Waals surface area contributed by atoms with Gasteiger partial charge in [0.05, 0.1) is 18.1 Å². The van der Waals surface area contributed by atoms with Crippen LogP contribution in [0.2, 0.25) is 0 Å². The molecule has 0 amide bonds. The minimum atomic E-state index is 0.251. The summed E-state index contributed by atoms with van der Waals surface area (Å²) < 4.78 is 7.35. The molecule has 1 aliphatic rings. The lowest BCUT2D eigenvalue weighted by molar-refractivity contribution is 0.197. The molecule has 0 unspecified atom stereocenters. The van der Waals surface area contributed by atoms with Crippen LogP contribution in [0.4, 0.5) is 0 Å².